The Morgan fingerprint density at radius 3 is 2.53 bits per heavy atom. The van der Waals surface area contributed by atoms with Crippen molar-refractivity contribution in [3.63, 3.8) is 0 Å². The molecule has 0 radical (unpaired) electrons. The molecule has 3 heterocycles. The number of carbonyl (C=O) groups is 1. The van der Waals surface area contributed by atoms with Crippen LogP contribution in [0.15, 0.2) is 9.31 Å². The monoisotopic (exact) mass is 271 g/mol. The normalized spacial score (nSPS) is 18.1. The molecular formula is C10H9NO4S2. The summed E-state index contributed by atoms with van der Waals surface area (Å²) in [5.41, 5.74) is 0.516. The molecule has 3 rings (SSSR count). The SMILES string of the molecule is Cc1sc(C)c2c3c(oc12)C(=O)N(C)S3(=O)=O. The van der Waals surface area contributed by atoms with E-state index in [9.17, 15) is 13.2 Å². The minimum atomic E-state index is -3.73. The third-order valence-electron chi connectivity index (χ3n) is 2.94. The fraction of sp³-hybridized carbons (Fsp3) is 0.300. The van der Waals surface area contributed by atoms with E-state index in [1.165, 1.54) is 18.4 Å². The molecule has 0 fully saturated rings. The van der Waals surface area contributed by atoms with Gasteiger partial charge in [0.1, 0.15) is 10.5 Å². The van der Waals surface area contributed by atoms with E-state index < -0.39 is 15.9 Å². The van der Waals surface area contributed by atoms with Gasteiger partial charge in [0, 0.05) is 16.8 Å². The predicted molar refractivity (Wildman–Crippen MR) is 62.8 cm³/mol. The summed E-state index contributed by atoms with van der Waals surface area (Å²) >= 11 is 1.47. The molecule has 5 nitrogen and oxygen atoms in total. The minimum Gasteiger partial charge on any atom is -0.448 e. The van der Waals surface area contributed by atoms with E-state index in [0.29, 0.717) is 11.0 Å². The number of furan rings is 1. The molecule has 0 atom stereocenters. The van der Waals surface area contributed by atoms with Crippen molar-refractivity contribution in [3.05, 3.63) is 15.5 Å². The molecule has 0 bridgehead atoms. The van der Waals surface area contributed by atoms with E-state index in [1.54, 1.807) is 0 Å². The molecule has 0 N–H and O–H groups in total. The van der Waals surface area contributed by atoms with Crippen LogP contribution >= 0.6 is 11.3 Å². The Kier molecular flexibility index (Phi) is 1.85. The van der Waals surface area contributed by atoms with Crippen LogP contribution in [0, 0.1) is 13.8 Å². The van der Waals surface area contributed by atoms with E-state index in [-0.39, 0.29) is 10.7 Å². The van der Waals surface area contributed by atoms with Crippen LogP contribution in [0.3, 0.4) is 0 Å². The fourth-order valence-electron chi connectivity index (χ4n) is 2.09. The molecule has 1 aliphatic heterocycles. The minimum absolute atomic E-state index is 0.0295. The summed E-state index contributed by atoms with van der Waals surface area (Å²) < 4.78 is 30.3. The molecule has 2 aromatic rings. The maximum atomic E-state index is 12.1. The number of thiophene rings is 1. The highest BCUT2D eigenvalue weighted by Gasteiger charge is 2.45. The fourth-order valence-corrected chi connectivity index (χ4v) is 4.59. The van der Waals surface area contributed by atoms with Crippen molar-refractivity contribution in [1.82, 2.24) is 4.31 Å². The number of fused-ring (bicyclic) bond motifs is 3. The molecule has 0 saturated carbocycles. The second-order valence-corrected chi connectivity index (χ2v) is 7.29. The predicted octanol–water partition coefficient (Wildman–Crippen LogP) is 1.89. The third-order valence-corrected chi connectivity index (χ3v) is 5.74. The lowest BCUT2D eigenvalue weighted by molar-refractivity contribution is 0.0865. The van der Waals surface area contributed by atoms with Gasteiger partial charge in [-0.1, -0.05) is 0 Å². The zero-order valence-corrected chi connectivity index (χ0v) is 11.0. The molecule has 0 unspecified atom stereocenters. The first kappa shape index (κ1) is 10.8. The number of aryl methyl sites for hydroxylation is 2. The van der Waals surface area contributed by atoms with Gasteiger partial charge in [-0.2, -0.15) is 0 Å². The van der Waals surface area contributed by atoms with E-state index in [4.69, 9.17) is 4.42 Å². The number of amides is 1. The molecular weight excluding hydrogens is 262 g/mol. The Balaban J connectivity index is 2.56. The molecule has 0 aromatic carbocycles. The van der Waals surface area contributed by atoms with Crippen molar-refractivity contribution < 1.29 is 17.6 Å². The topological polar surface area (TPSA) is 67.6 Å². The summed E-state index contributed by atoms with van der Waals surface area (Å²) in [6.07, 6.45) is 0. The molecule has 0 aliphatic carbocycles. The van der Waals surface area contributed by atoms with Gasteiger partial charge in [-0.3, -0.25) is 4.79 Å². The average molecular weight is 271 g/mol. The van der Waals surface area contributed by atoms with Crippen LogP contribution in [0.1, 0.15) is 20.3 Å². The Labute approximate surface area is 102 Å². The van der Waals surface area contributed by atoms with Crippen molar-refractivity contribution in [3.8, 4) is 0 Å². The Hall–Kier alpha value is -1.34. The summed E-state index contributed by atoms with van der Waals surface area (Å²) in [4.78, 5) is 13.5. The van der Waals surface area contributed by atoms with Gasteiger partial charge in [0.05, 0.1) is 5.39 Å². The smallest absolute Gasteiger partial charge is 0.304 e. The van der Waals surface area contributed by atoms with Gasteiger partial charge in [-0.15, -0.1) is 11.3 Å². The van der Waals surface area contributed by atoms with E-state index in [2.05, 4.69) is 0 Å². The van der Waals surface area contributed by atoms with E-state index in [1.807, 2.05) is 13.8 Å². The first-order valence-electron chi connectivity index (χ1n) is 4.91. The van der Waals surface area contributed by atoms with Crippen LogP contribution in [0.2, 0.25) is 0 Å². The molecule has 17 heavy (non-hydrogen) atoms. The molecule has 1 aliphatic rings. The molecule has 1 amide bonds. The number of sulfonamides is 1. The van der Waals surface area contributed by atoms with Gasteiger partial charge in [0.15, 0.2) is 0 Å². The third kappa shape index (κ3) is 1.08. The highest BCUT2D eigenvalue weighted by molar-refractivity contribution is 7.90. The summed E-state index contributed by atoms with van der Waals surface area (Å²) in [6, 6.07) is 0. The highest BCUT2D eigenvalue weighted by Crippen LogP contribution is 2.43. The lowest BCUT2D eigenvalue weighted by Crippen LogP contribution is -2.25. The molecule has 0 spiro atoms. The number of hydrogen-bond acceptors (Lipinski definition) is 5. The highest BCUT2D eigenvalue weighted by atomic mass is 32.2. The van der Waals surface area contributed by atoms with Crippen LogP contribution in [-0.2, 0) is 10.0 Å². The second kappa shape index (κ2) is 2.91. The Morgan fingerprint density at radius 2 is 1.88 bits per heavy atom. The van der Waals surface area contributed by atoms with Crippen molar-refractivity contribution in [2.24, 2.45) is 0 Å². The number of rotatable bonds is 0. The molecule has 2 aromatic heterocycles. The lowest BCUT2D eigenvalue weighted by atomic mass is 10.3. The molecule has 7 heteroatoms. The summed E-state index contributed by atoms with van der Waals surface area (Å²) in [6.45, 7) is 3.67. The first-order valence-corrected chi connectivity index (χ1v) is 7.17. The van der Waals surface area contributed by atoms with Gasteiger partial charge in [0.25, 0.3) is 10.0 Å². The van der Waals surface area contributed by atoms with Crippen LogP contribution in [0.4, 0.5) is 0 Å². The number of nitrogens with zero attached hydrogens (tertiary/aromatic N) is 1. The zero-order chi connectivity index (χ0) is 12.5. The summed E-state index contributed by atoms with van der Waals surface area (Å²) in [5, 5.41) is 0.556. The number of hydrogen-bond donors (Lipinski definition) is 0. The van der Waals surface area contributed by atoms with Crippen LogP contribution in [-0.4, -0.2) is 25.7 Å². The largest absolute Gasteiger partial charge is 0.448 e. The van der Waals surface area contributed by atoms with Crippen LogP contribution < -0.4 is 0 Å². The van der Waals surface area contributed by atoms with Gasteiger partial charge in [-0.05, 0) is 13.8 Å². The van der Waals surface area contributed by atoms with Gasteiger partial charge in [-0.25, -0.2) is 12.7 Å². The summed E-state index contributed by atoms with van der Waals surface area (Å²) in [7, 11) is -2.49. The van der Waals surface area contributed by atoms with Crippen molar-refractivity contribution in [2.75, 3.05) is 7.05 Å². The molecule has 0 saturated heterocycles. The van der Waals surface area contributed by atoms with Crippen LogP contribution in [0.25, 0.3) is 11.0 Å². The van der Waals surface area contributed by atoms with Crippen molar-refractivity contribution in [1.29, 1.82) is 0 Å². The van der Waals surface area contributed by atoms with Gasteiger partial charge >= 0.3 is 5.91 Å². The van der Waals surface area contributed by atoms with Gasteiger partial charge in [0.2, 0.25) is 5.76 Å². The first-order chi connectivity index (χ1) is 7.85. The maximum Gasteiger partial charge on any atom is 0.304 e. The molecule has 90 valence electrons. The van der Waals surface area contributed by atoms with E-state index in [0.717, 1.165) is 14.1 Å². The second-order valence-electron chi connectivity index (χ2n) is 3.96. The Bertz CT molecular complexity index is 766. The zero-order valence-electron chi connectivity index (χ0n) is 9.40. The van der Waals surface area contributed by atoms with E-state index >= 15 is 0 Å². The number of carbonyl (C=O) groups excluding carboxylic acids is 1. The average Bonchev–Trinajstić information content (AvgIpc) is 2.80. The van der Waals surface area contributed by atoms with Gasteiger partial charge < -0.3 is 4.42 Å². The van der Waals surface area contributed by atoms with Crippen molar-refractivity contribution >= 4 is 38.2 Å². The quantitative estimate of drug-likeness (QED) is 0.733. The Morgan fingerprint density at radius 1 is 1.24 bits per heavy atom. The van der Waals surface area contributed by atoms with Crippen LogP contribution in [0.5, 0.6) is 0 Å². The van der Waals surface area contributed by atoms with Crippen molar-refractivity contribution in [2.45, 2.75) is 18.7 Å². The summed E-state index contributed by atoms with van der Waals surface area (Å²) in [5.74, 6) is -0.656. The standard InChI is InChI=1S/C10H9NO4S2/c1-4-6-7(5(2)16-4)15-8-9(6)17(13,14)11(3)10(8)12/h1-3H3. The maximum absolute atomic E-state index is 12.1. The lowest BCUT2D eigenvalue weighted by Gasteiger charge is -2.06.